The van der Waals surface area contributed by atoms with Gasteiger partial charge in [0.1, 0.15) is 0 Å². The molecule has 6 rings (SSSR count). The molecular formula is C30H42N4O2. The van der Waals surface area contributed by atoms with Crippen molar-refractivity contribution in [2.75, 3.05) is 39.3 Å². The van der Waals surface area contributed by atoms with E-state index in [0.717, 1.165) is 39.3 Å². The monoisotopic (exact) mass is 490 g/mol. The molecule has 0 aliphatic carbocycles. The van der Waals surface area contributed by atoms with Crippen LogP contribution >= 0.6 is 0 Å². The molecule has 0 saturated carbocycles. The van der Waals surface area contributed by atoms with Crippen LogP contribution in [0.25, 0.3) is 0 Å². The van der Waals surface area contributed by atoms with Crippen molar-refractivity contribution in [2.45, 2.75) is 76.3 Å². The smallest absolute Gasteiger partial charge is 0.250 e. The van der Waals surface area contributed by atoms with E-state index in [1.807, 2.05) is 21.3 Å². The van der Waals surface area contributed by atoms with E-state index >= 15 is 0 Å². The normalized spacial score (nSPS) is 27.4. The number of rotatable bonds is 9. The summed E-state index contributed by atoms with van der Waals surface area (Å²) >= 11 is 0. The number of fused-ring (bicyclic) bond motifs is 8. The minimum atomic E-state index is 0.181. The third-order valence-electron chi connectivity index (χ3n) is 9.31. The van der Waals surface area contributed by atoms with E-state index in [1.165, 1.54) is 75.8 Å². The molecule has 2 fully saturated rings. The number of piperidine rings is 2. The van der Waals surface area contributed by atoms with Crippen LogP contribution in [0.3, 0.4) is 0 Å². The standard InChI is InChI=1S/C30H42N4O2/c35-29-11-7-9-27-25-15-23(19-33(27)29)17-31(21-25)13-5-3-1-2-4-6-14-32-18-24-16-26(22-32)28-10-8-12-30(36)34(28)20-24/h7-12,23-26H,1-6,13-22H2/t23-,24+,25+,26-. The predicted molar refractivity (Wildman–Crippen MR) is 144 cm³/mol. The SMILES string of the molecule is O=c1cccc2n1C[C@H]1C[C@@H]2CN(CCCCCCCCN2C[C@H]3C[C@@H](C2)c2cccc(=O)n2C3)C1. The summed E-state index contributed by atoms with van der Waals surface area (Å²) in [6.07, 6.45) is 10.5. The van der Waals surface area contributed by atoms with Gasteiger partial charge in [0.25, 0.3) is 11.1 Å². The molecule has 2 saturated heterocycles. The molecule has 4 aliphatic heterocycles. The second-order valence-corrected chi connectivity index (χ2v) is 12.0. The zero-order chi connectivity index (χ0) is 24.5. The molecule has 2 aromatic rings. The minimum Gasteiger partial charge on any atom is -0.312 e. The fraction of sp³-hybridized carbons (Fsp3) is 0.667. The number of unbranched alkanes of at least 4 members (excludes halogenated alkanes) is 5. The van der Waals surface area contributed by atoms with Gasteiger partial charge in [-0.3, -0.25) is 9.59 Å². The number of likely N-dealkylation sites (tertiary alicyclic amines) is 2. The lowest BCUT2D eigenvalue weighted by Gasteiger charge is -2.43. The summed E-state index contributed by atoms with van der Waals surface area (Å²) in [6, 6.07) is 11.6. The molecule has 4 aliphatic rings. The van der Waals surface area contributed by atoms with Crippen LogP contribution in [0, 0.1) is 11.8 Å². The number of aromatic nitrogens is 2. The first-order valence-corrected chi connectivity index (χ1v) is 14.5. The van der Waals surface area contributed by atoms with Crippen LogP contribution in [0.5, 0.6) is 0 Å². The van der Waals surface area contributed by atoms with Gasteiger partial charge >= 0.3 is 0 Å². The Bertz CT molecular complexity index is 1080. The molecule has 0 amide bonds. The number of hydrogen-bond donors (Lipinski definition) is 0. The summed E-state index contributed by atoms with van der Waals surface area (Å²) in [5, 5.41) is 0. The molecule has 0 unspecified atom stereocenters. The highest BCUT2D eigenvalue weighted by Gasteiger charge is 2.35. The summed E-state index contributed by atoms with van der Waals surface area (Å²) in [4.78, 5) is 29.8. The van der Waals surface area contributed by atoms with Gasteiger partial charge in [0.05, 0.1) is 0 Å². The molecule has 6 nitrogen and oxygen atoms in total. The summed E-state index contributed by atoms with van der Waals surface area (Å²) in [5.41, 5.74) is 2.89. The van der Waals surface area contributed by atoms with E-state index < -0.39 is 0 Å². The summed E-state index contributed by atoms with van der Waals surface area (Å²) in [6.45, 7) is 8.81. The van der Waals surface area contributed by atoms with Gasteiger partial charge < -0.3 is 18.9 Å². The van der Waals surface area contributed by atoms with Crippen LogP contribution in [0.1, 0.15) is 74.6 Å². The van der Waals surface area contributed by atoms with Crippen molar-refractivity contribution in [3.63, 3.8) is 0 Å². The van der Waals surface area contributed by atoms with E-state index in [-0.39, 0.29) is 11.1 Å². The first-order chi connectivity index (χ1) is 17.6. The Morgan fingerprint density at radius 2 is 1.00 bits per heavy atom. The van der Waals surface area contributed by atoms with Gasteiger partial charge in [-0.25, -0.2) is 0 Å². The molecule has 36 heavy (non-hydrogen) atoms. The van der Waals surface area contributed by atoms with Gasteiger partial charge in [-0.05, 0) is 62.7 Å². The van der Waals surface area contributed by atoms with Crippen LogP contribution in [0.15, 0.2) is 46.0 Å². The van der Waals surface area contributed by atoms with E-state index in [9.17, 15) is 9.59 Å². The van der Waals surface area contributed by atoms with Crippen LogP contribution in [-0.4, -0.2) is 58.2 Å². The lowest BCUT2D eigenvalue weighted by molar-refractivity contribution is 0.117. The van der Waals surface area contributed by atoms with E-state index in [1.54, 1.807) is 12.1 Å². The summed E-state index contributed by atoms with van der Waals surface area (Å²) in [5.74, 6) is 2.35. The maximum absolute atomic E-state index is 12.2. The number of pyridine rings is 2. The van der Waals surface area contributed by atoms with E-state index in [2.05, 4.69) is 21.9 Å². The lowest BCUT2D eigenvalue weighted by atomic mass is 9.83. The van der Waals surface area contributed by atoms with Gasteiger partial charge in [-0.15, -0.1) is 0 Å². The van der Waals surface area contributed by atoms with Crippen molar-refractivity contribution in [1.82, 2.24) is 18.9 Å². The molecule has 6 heterocycles. The quantitative estimate of drug-likeness (QED) is 0.501. The minimum absolute atomic E-state index is 0.181. The van der Waals surface area contributed by atoms with Gasteiger partial charge in [0.2, 0.25) is 0 Å². The molecule has 6 heteroatoms. The fourth-order valence-electron chi connectivity index (χ4n) is 7.73. The second-order valence-electron chi connectivity index (χ2n) is 12.0. The first-order valence-electron chi connectivity index (χ1n) is 14.5. The summed E-state index contributed by atoms with van der Waals surface area (Å²) < 4.78 is 4.07. The van der Waals surface area contributed by atoms with Gasteiger partial charge in [0, 0.05) is 74.6 Å². The summed E-state index contributed by atoms with van der Waals surface area (Å²) in [7, 11) is 0. The van der Waals surface area contributed by atoms with Crippen LogP contribution < -0.4 is 11.1 Å². The largest absolute Gasteiger partial charge is 0.312 e. The van der Waals surface area contributed by atoms with Crippen LogP contribution in [-0.2, 0) is 13.1 Å². The average molecular weight is 491 g/mol. The van der Waals surface area contributed by atoms with Gasteiger partial charge in [-0.2, -0.15) is 0 Å². The topological polar surface area (TPSA) is 50.5 Å². The Labute approximate surface area is 214 Å². The lowest BCUT2D eigenvalue weighted by Crippen LogP contribution is -2.47. The van der Waals surface area contributed by atoms with Crippen molar-refractivity contribution in [3.05, 3.63) is 68.5 Å². The zero-order valence-electron chi connectivity index (χ0n) is 21.7. The molecule has 4 bridgehead atoms. The Morgan fingerprint density at radius 1 is 0.556 bits per heavy atom. The molecule has 194 valence electrons. The molecule has 0 radical (unpaired) electrons. The highest BCUT2D eigenvalue weighted by molar-refractivity contribution is 5.18. The Balaban J connectivity index is 0.867. The zero-order valence-corrected chi connectivity index (χ0v) is 21.7. The Kier molecular flexibility index (Phi) is 7.16. The molecule has 2 aromatic heterocycles. The highest BCUT2D eigenvalue weighted by Crippen LogP contribution is 2.36. The van der Waals surface area contributed by atoms with E-state index in [4.69, 9.17) is 0 Å². The maximum Gasteiger partial charge on any atom is 0.250 e. The molecule has 0 aromatic carbocycles. The number of hydrogen-bond acceptors (Lipinski definition) is 4. The van der Waals surface area contributed by atoms with Crippen molar-refractivity contribution in [3.8, 4) is 0 Å². The molecular weight excluding hydrogens is 448 g/mol. The van der Waals surface area contributed by atoms with Gasteiger partial charge in [-0.1, -0.05) is 37.8 Å². The number of nitrogens with zero attached hydrogens (tertiary/aromatic N) is 4. The molecule has 0 N–H and O–H groups in total. The third-order valence-corrected chi connectivity index (χ3v) is 9.31. The second kappa shape index (κ2) is 10.7. The maximum atomic E-state index is 12.2. The molecule has 4 atom stereocenters. The Hall–Kier alpha value is -2.18. The van der Waals surface area contributed by atoms with Crippen LogP contribution in [0.2, 0.25) is 0 Å². The predicted octanol–water partition coefficient (Wildman–Crippen LogP) is 3.89. The fourth-order valence-corrected chi connectivity index (χ4v) is 7.73. The van der Waals surface area contributed by atoms with Crippen molar-refractivity contribution in [1.29, 1.82) is 0 Å². The van der Waals surface area contributed by atoms with Crippen molar-refractivity contribution in [2.24, 2.45) is 11.8 Å². The first kappa shape index (κ1) is 24.2. The van der Waals surface area contributed by atoms with Gasteiger partial charge in [0.15, 0.2) is 0 Å². The third kappa shape index (κ3) is 5.12. The van der Waals surface area contributed by atoms with Crippen LogP contribution in [0.4, 0.5) is 0 Å². The Morgan fingerprint density at radius 3 is 1.47 bits per heavy atom. The van der Waals surface area contributed by atoms with Crippen molar-refractivity contribution < 1.29 is 0 Å². The molecule has 0 spiro atoms. The van der Waals surface area contributed by atoms with E-state index in [0.29, 0.717) is 23.7 Å². The van der Waals surface area contributed by atoms with Crippen molar-refractivity contribution >= 4 is 0 Å². The average Bonchev–Trinajstić information content (AvgIpc) is 2.87. The highest BCUT2D eigenvalue weighted by atomic mass is 16.1.